The van der Waals surface area contributed by atoms with Gasteiger partial charge in [-0.15, -0.1) is 0 Å². The predicted octanol–water partition coefficient (Wildman–Crippen LogP) is 4.76. The molecule has 0 unspecified atom stereocenters. The molecule has 0 aliphatic rings. The third-order valence-corrected chi connectivity index (χ3v) is 3.14. The van der Waals surface area contributed by atoms with Gasteiger partial charge in [-0.05, 0) is 47.9 Å². The first-order valence-corrected chi connectivity index (χ1v) is 6.26. The molecule has 0 aromatic heterocycles. The number of benzene rings is 1. The van der Waals surface area contributed by atoms with Crippen LogP contribution in [0.3, 0.4) is 0 Å². The monoisotopic (exact) mass is 222 g/mol. The first-order valence-electron chi connectivity index (χ1n) is 6.26. The van der Waals surface area contributed by atoms with Crippen LogP contribution in [0.4, 0.5) is 4.39 Å². The standard InChI is InChI=1S/C15H23F/c1-5-9-15(3,4)11-13-10-14(16)8-7-12(13)6-2/h7-8,10H,5-6,9,11H2,1-4H3. The van der Waals surface area contributed by atoms with Crippen molar-refractivity contribution in [3.63, 3.8) is 0 Å². The fourth-order valence-corrected chi connectivity index (χ4v) is 2.38. The second-order valence-electron chi connectivity index (χ2n) is 5.36. The summed E-state index contributed by atoms with van der Waals surface area (Å²) in [5, 5.41) is 0. The summed E-state index contributed by atoms with van der Waals surface area (Å²) >= 11 is 0. The van der Waals surface area contributed by atoms with E-state index in [0.717, 1.165) is 12.8 Å². The van der Waals surface area contributed by atoms with Gasteiger partial charge in [0.25, 0.3) is 0 Å². The fraction of sp³-hybridized carbons (Fsp3) is 0.600. The summed E-state index contributed by atoms with van der Waals surface area (Å²) in [5.74, 6) is -0.112. The minimum Gasteiger partial charge on any atom is -0.207 e. The van der Waals surface area contributed by atoms with E-state index in [1.807, 2.05) is 6.07 Å². The second-order valence-corrected chi connectivity index (χ2v) is 5.36. The number of aryl methyl sites for hydroxylation is 1. The summed E-state index contributed by atoms with van der Waals surface area (Å²) in [6, 6.07) is 5.19. The number of hydrogen-bond donors (Lipinski definition) is 0. The Balaban J connectivity index is 2.90. The third kappa shape index (κ3) is 3.62. The Labute approximate surface area is 98.9 Å². The first-order chi connectivity index (χ1) is 7.48. The Hall–Kier alpha value is -0.850. The molecular formula is C15H23F. The van der Waals surface area contributed by atoms with Gasteiger partial charge in [0.05, 0.1) is 0 Å². The van der Waals surface area contributed by atoms with Crippen molar-refractivity contribution in [2.24, 2.45) is 5.41 Å². The van der Waals surface area contributed by atoms with Gasteiger partial charge in [0, 0.05) is 0 Å². The Morgan fingerprint density at radius 2 is 1.81 bits per heavy atom. The van der Waals surface area contributed by atoms with E-state index >= 15 is 0 Å². The average molecular weight is 222 g/mol. The van der Waals surface area contributed by atoms with Gasteiger partial charge >= 0.3 is 0 Å². The van der Waals surface area contributed by atoms with Crippen molar-refractivity contribution in [1.82, 2.24) is 0 Å². The number of rotatable bonds is 5. The molecule has 0 aliphatic heterocycles. The zero-order chi connectivity index (χ0) is 12.2. The molecule has 0 radical (unpaired) electrons. The van der Waals surface area contributed by atoms with Crippen molar-refractivity contribution in [1.29, 1.82) is 0 Å². The van der Waals surface area contributed by atoms with Gasteiger partial charge in [0.2, 0.25) is 0 Å². The lowest BCUT2D eigenvalue weighted by Crippen LogP contribution is -2.15. The second kappa shape index (κ2) is 5.47. The predicted molar refractivity (Wildman–Crippen MR) is 68.2 cm³/mol. The average Bonchev–Trinajstić information content (AvgIpc) is 2.17. The molecule has 1 aromatic rings. The molecule has 0 saturated heterocycles. The molecule has 0 N–H and O–H groups in total. The molecule has 1 heteroatoms. The molecule has 0 spiro atoms. The lowest BCUT2D eigenvalue weighted by atomic mass is 9.80. The molecule has 1 rings (SSSR count). The smallest absolute Gasteiger partial charge is 0.123 e. The van der Waals surface area contributed by atoms with Crippen LogP contribution in [-0.2, 0) is 12.8 Å². The number of halogens is 1. The van der Waals surface area contributed by atoms with E-state index in [1.54, 1.807) is 12.1 Å². The van der Waals surface area contributed by atoms with E-state index in [2.05, 4.69) is 27.7 Å². The van der Waals surface area contributed by atoms with Crippen LogP contribution in [0.5, 0.6) is 0 Å². The highest BCUT2D eigenvalue weighted by Crippen LogP contribution is 2.29. The zero-order valence-electron chi connectivity index (χ0n) is 10.9. The molecule has 0 amide bonds. The molecule has 0 heterocycles. The topological polar surface area (TPSA) is 0 Å². The van der Waals surface area contributed by atoms with Gasteiger partial charge in [-0.1, -0.05) is 40.2 Å². The van der Waals surface area contributed by atoms with Gasteiger partial charge in [0.1, 0.15) is 5.82 Å². The third-order valence-electron chi connectivity index (χ3n) is 3.14. The molecule has 0 atom stereocenters. The summed E-state index contributed by atoms with van der Waals surface area (Å²) in [5.41, 5.74) is 2.73. The summed E-state index contributed by atoms with van der Waals surface area (Å²) < 4.78 is 13.2. The molecular weight excluding hydrogens is 199 g/mol. The van der Waals surface area contributed by atoms with Crippen LogP contribution in [0.1, 0.15) is 51.7 Å². The lowest BCUT2D eigenvalue weighted by molar-refractivity contribution is 0.327. The summed E-state index contributed by atoms with van der Waals surface area (Å²) in [4.78, 5) is 0. The van der Waals surface area contributed by atoms with Crippen LogP contribution in [-0.4, -0.2) is 0 Å². The molecule has 0 aliphatic carbocycles. The van der Waals surface area contributed by atoms with Crippen molar-refractivity contribution in [3.8, 4) is 0 Å². The molecule has 0 saturated carbocycles. The van der Waals surface area contributed by atoms with E-state index in [1.165, 1.54) is 24.0 Å². The number of hydrogen-bond acceptors (Lipinski definition) is 0. The van der Waals surface area contributed by atoms with Crippen LogP contribution < -0.4 is 0 Å². The quantitative estimate of drug-likeness (QED) is 0.674. The Morgan fingerprint density at radius 1 is 1.12 bits per heavy atom. The molecule has 0 bridgehead atoms. The van der Waals surface area contributed by atoms with Crippen molar-refractivity contribution in [3.05, 3.63) is 35.1 Å². The maximum Gasteiger partial charge on any atom is 0.123 e. The van der Waals surface area contributed by atoms with E-state index in [4.69, 9.17) is 0 Å². The summed E-state index contributed by atoms with van der Waals surface area (Å²) in [6.07, 6.45) is 4.33. The minimum atomic E-state index is -0.112. The summed E-state index contributed by atoms with van der Waals surface area (Å²) in [7, 11) is 0. The van der Waals surface area contributed by atoms with Crippen molar-refractivity contribution >= 4 is 0 Å². The highest BCUT2D eigenvalue weighted by atomic mass is 19.1. The van der Waals surface area contributed by atoms with Crippen LogP contribution in [0.25, 0.3) is 0 Å². The Bertz CT molecular complexity index is 339. The molecule has 1 aromatic carbocycles. The van der Waals surface area contributed by atoms with E-state index in [9.17, 15) is 4.39 Å². The Morgan fingerprint density at radius 3 is 2.38 bits per heavy atom. The van der Waals surface area contributed by atoms with Crippen LogP contribution in [0.2, 0.25) is 0 Å². The van der Waals surface area contributed by atoms with Gasteiger partial charge < -0.3 is 0 Å². The maximum atomic E-state index is 13.2. The molecule has 16 heavy (non-hydrogen) atoms. The molecule has 90 valence electrons. The van der Waals surface area contributed by atoms with Crippen LogP contribution in [0, 0.1) is 11.2 Å². The summed E-state index contributed by atoms with van der Waals surface area (Å²) in [6.45, 7) is 8.86. The van der Waals surface area contributed by atoms with E-state index < -0.39 is 0 Å². The van der Waals surface area contributed by atoms with Gasteiger partial charge in [-0.3, -0.25) is 0 Å². The van der Waals surface area contributed by atoms with Crippen LogP contribution in [0.15, 0.2) is 18.2 Å². The normalized spacial score (nSPS) is 11.8. The fourth-order valence-electron chi connectivity index (χ4n) is 2.38. The highest BCUT2D eigenvalue weighted by Gasteiger charge is 2.18. The van der Waals surface area contributed by atoms with Crippen LogP contribution >= 0.6 is 0 Å². The Kier molecular flexibility index (Phi) is 4.52. The van der Waals surface area contributed by atoms with Gasteiger partial charge in [0.15, 0.2) is 0 Å². The van der Waals surface area contributed by atoms with E-state index in [0.29, 0.717) is 0 Å². The lowest BCUT2D eigenvalue weighted by Gasteiger charge is -2.25. The first kappa shape index (κ1) is 13.2. The molecule has 0 nitrogen and oxygen atoms in total. The largest absolute Gasteiger partial charge is 0.207 e. The minimum absolute atomic E-state index is 0.112. The SMILES string of the molecule is CCCC(C)(C)Cc1cc(F)ccc1CC. The van der Waals surface area contributed by atoms with Gasteiger partial charge in [-0.2, -0.15) is 0 Å². The van der Waals surface area contributed by atoms with Gasteiger partial charge in [-0.25, -0.2) is 4.39 Å². The maximum absolute atomic E-state index is 13.2. The van der Waals surface area contributed by atoms with E-state index in [-0.39, 0.29) is 11.2 Å². The van der Waals surface area contributed by atoms with Crippen molar-refractivity contribution in [2.45, 2.75) is 53.4 Å². The van der Waals surface area contributed by atoms with Crippen molar-refractivity contribution in [2.75, 3.05) is 0 Å². The zero-order valence-corrected chi connectivity index (χ0v) is 10.9. The highest BCUT2D eigenvalue weighted by molar-refractivity contribution is 5.28. The van der Waals surface area contributed by atoms with Crippen molar-refractivity contribution < 1.29 is 4.39 Å². The molecule has 0 fully saturated rings.